The van der Waals surface area contributed by atoms with Crippen molar-refractivity contribution in [1.29, 1.82) is 0 Å². The highest BCUT2D eigenvalue weighted by molar-refractivity contribution is 7.99. The third kappa shape index (κ3) is 5.06. The lowest BCUT2D eigenvalue weighted by Gasteiger charge is -2.14. The van der Waals surface area contributed by atoms with Crippen LogP contribution >= 0.6 is 23.5 Å². The van der Waals surface area contributed by atoms with Crippen LogP contribution in [0.1, 0.15) is 38.9 Å². The van der Waals surface area contributed by atoms with E-state index in [2.05, 4.69) is 41.8 Å². The Morgan fingerprint density at radius 2 is 2.05 bits per heavy atom. The molecule has 1 aromatic rings. The summed E-state index contributed by atoms with van der Waals surface area (Å²) in [6.45, 7) is 7.17. The molecule has 0 radical (unpaired) electrons. The number of carboxylic acid groups (broad SMARTS) is 1. The van der Waals surface area contributed by atoms with Crippen LogP contribution in [0.15, 0.2) is 5.16 Å². The lowest BCUT2D eigenvalue weighted by molar-refractivity contribution is -0.133. The topological polar surface area (TPSA) is 68.0 Å². The minimum Gasteiger partial charge on any atom is -0.481 e. The van der Waals surface area contributed by atoms with Gasteiger partial charge in [-0.3, -0.25) is 4.79 Å². The van der Waals surface area contributed by atoms with Gasteiger partial charge in [-0.2, -0.15) is 11.8 Å². The number of hydrogen-bond acceptors (Lipinski definition) is 5. The minimum absolute atomic E-state index is 0.0221. The number of hydrogen-bond donors (Lipinski definition) is 1. The van der Waals surface area contributed by atoms with E-state index < -0.39 is 5.97 Å². The number of carbonyl (C=O) groups is 1. The molecule has 1 aromatic heterocycles. The number of nitrogens with zero attached hydrogens (tertiary/aromatic N) is 3. The molecule has 108 valence electrons. The number of aliphatic carboxylic acids is 1. The van der Waals surface area contributed by atoms with Gasteiger partial charge >= 0.3 is 5.97 Å². The van der Waals surface area contributed by atoms with Crippen molar-refractivity contribution in [3.8, 4) is 0 Å². The normalized spacial score (nSPS) is 12.9. The van der Waals surface area contributed by atoms with Crippen LogP contribution in [0.3, 0.4) is 0 Å². The summed E-state index contributed by atoms with van der Waals surface area (Å²) in [7, 11) is 0. The van der Waals surface area contributed by atoms with E-state index in [4.69, 9.17) is 5.11 Å². The van der Waals surface area contributed by atoms with Gasteiger partial charge in [0.05, 0.1) is 5.75 Å². The fourth-order valence-corrected chi connectivity index (χ4v) is 2.63. The SMILES string of the molecule is CSC(C)CCn1c(SCC(=O)O)nnc1C(C)C. The van der Waals surface area contributed by atoms with Crippen molar-refractivity contribution in [2.45, 2.75) is 50.1 Å². The van der Waals surface area contributed by atoms with Crippen LogP contribution in [0, 0.1) is 0 Å². The molecule has 0 aliphatic heterocycles. The number of aromatic nitrogens is 3. The molecule has 0 aliphatic rings. The zero-order valence-corrected chi connectivity index (χ0v) is 13.4. The Bertz CT molecular complexity index is 421. The van der Waals surface area contributed by atoms with Gasteiger partial charge < -0.3 is 9.67 Å². The molecule has 19 heavy (non-hydrogen) atoms. The summed E-state index contributed by atoms with van der Waals surface area (Å²) in [6.07, 6.45) is 3.12. The van der Waals surface area contributed by atoms with Gasteiger partial charge in [-0.15, -0.1) is 10.2 Å². The lowest BCUT2D eigenvalue weighted by atomic mass is 10.2. The first kappa shape index (κ1) is 16.4. The highest BCUT2D eigenvalue weighted by Gasteiger charge is 2.16. The van der Waals surface area contributed by atoms with Crippen LogP contribution in [0.4, 0.5) is 0 Å². The van der Waals surface area contributed by atoms with Crippen LogP contribution in [0.5, 0.6) is 0 Å². The first-order valence-electron chi connectivity index (χ1n) is 6.26. The van der Waals surface area contributed by atoms with Gasteiger partial charge in [0.2, 0.25) is 0 Å². The van der Waals surface area contributed by atoms with Gasteiger partial charge in [-0.05, 0) is 12.7 Å². The molecule has 0 bridgehead atoms. The highest BCUT2D eigenvalue weighted by Crippen LogP contribution is 2.23. The van der Waals surface area contributed by atoms with E-state index in [9.17, 15) is 4.79 Å². The first-order valence-corrected chi connectivity index (χ1v) is 8.53. The summed E-state index contributed by atoms with van der Waals surface area (Å²) >= 11 is 3.07. The third-order valence-corrected chi connectivity index (χ3v) is 4.74. The van der Waals surface area contributed by atoms with Crippen LogP contribution in [0.2, 0.25) is 0 Å². The number of thioether (sulfide) groups is 2. The van der Waals surface area contributed by atoms with Gasteiger partial charge in [0.15, 0.2) is 5.16 Å². The van der Waals surface area contributed by atoms with Crippen molar-refractivity contribution in [1.82, 2.24) is 14.8 Å². The predicted octanol–water partition coefficient (Wildman–Crippen LogP) is 2.72. The van der Waals surface area contributed by atoms with Crippen molar-refractivity contribution >= 4 is 29.5 Å². The maximum Gasteiger partial charge on any atom is 0.313 e. The first-order chi connectivity index (χ1) is 8.95. The van der Waals surface area contributed by atoms with E-state index in [0.29, 0.717) is 10.4 Å². The van der Waals surface area contributed by atoms with Gasteiger partial charge in [-0.1, -0.05) is 32.5 Å². The molecule has 0 amide bonds. The van der Waals surface area contributed by atoms with Crippen LogP contribution in [0.25, 0.3) is 0 Å². The molecule has 0 spiro atoms. The van der Waals surface area contributed by atoms with Gasteiger partial charge in [0.25, 0.3) is 0 Å². The average Bonchev–Trinajstić information content (AvgIpc) is 2.76. The molecule has 0 saturated carbocycles. The van der Waals surface area contributed by atoms with E-state index in [1.165, 1.54) is 11.8 Å². The summed E-state index contributed by atoms with van der Waals surface area (Å²) < 4.78 is 2.06. The number of rotatable bonds is 8. The third-order valence-electron chi connectivity index (χ3n) is 2.75. The standard InChI is InChI=1S/C12H21N3O2S2/c1-8(2)11-13-14-12(19-7-10(16)17)15(11)6-5-9(3)18-4/h8-9H,5-7H2,1-4H3,(H,16,17). The Morgan fingerprint density at radius 1 is 1.37 bits per heavy atom. The Labute approximate surface area is 122 Å². The van der Waals surface area contributed by atoms with E-state index >= 15 is 0 Å². The molecule has 1 rings (SSSR count). The van der Waals surface area contributed by atoms with Gasteiger partial charge in [0, 0.05) is 17.7 Å². The van der Waals surface area contributed by atoms with Crippen LogP contribution < -0.4 is 0 Å². The number of carboxylic acids is 1. The zero-order valence-electron chi connectivity index (χ0n) is 11.8. The summed E-state index contributed by atoms with van der Waals surface area (Å²) in [5, 5.41) is 18.3. The molecule has 0 aromatic carbocycles. The molecule has 5 nitrogen and oxygen atoms in total. The van der Waals surface area contributed by atoms with Crippen LogP contribution in [-0.4, -0.2) is 43.1 Å². The molecular weight excluding hydrogens is 282 g/mol. The summed E-state index contributed by atoms with van der Waals surface area (Å²) in [5.41, 5.74) is 0. The average molecular weight is 303 g/mol. The van der Waals surface area contributed by atoms with E-state index in [1.54, 1.807) is 0 Å². The van der Waals surface area contributed by atoms with Crippen molar-refractivity contribution < 1.29 is 9.90 Å². The predicted molar refractivity (Wildman–Crippen MR) is 80.1 cm³/mol. The molecule has 0 fully saturated rings. The maximum atomic E-state index is 10.7. The maximum absolute atomic E-state index is 10.7. The Kier molecular flexibility index (Phi) is 6.71. The lowest BCUT2D eigenvalue weighted by Crippen LogP contribution is -2.11. The molecule has 1 atom stereocenters. The summed E-state index contributed by atoms with van der Waals surface area (Å²) in [4.78, 5) is 10.7. The van der Waals surface area contributed by atoms with Crippen molar-refractivity contribution in [2.75, 3.05) is 12.0 Å². The monoisotopic (exact) mass is 303 g/mol. The fourth-order valence-electron chi connectivity index (χ4n) is 1.60. The largest absolute Gasteiger partial charge is 0.481 e. The van der Waals surface area contributed by atoms with Crippen molar-refractivity contribution in [3.05, 3.63) is 5.82 Å². The Morgan fingerprint density at radius 3 is 2.58 bits per heavy atom. The summed E-state index contributed by atoms with van der Waals surface area (Å²) in [6, 6.07) is 0. The van der Waals surface area contributed by atoms with E-state index in [0.717, 1.165) is 18.8 Å². The van der Waals surface area contributed by atoms with Crippen molar-refractivity contribution in [3.63, 3.8) is 0 Å². The second-order valence-corrected chi connectivity index (χ2v) is 6.88. The smallest absolute Gasteiger partial charge is 0.313 e. The highest BCUT2D eigenvalue weighted by atomic mass is 32.2. The second kappa shape index (κ2) is 7.79. The molecule has 1 heterocycles. The molecule has 0 saturated heterocycles. The summed E-state index contributed by atoms with van der Waals surface area (Å²) in [5.74, 6) is 0.412. The minimum atomic E-state index is -0.830. The van der Waals surface area contributed by atoms with E-state index in [1.807, 2.05) is 11.8 Å². The Balaban J connectivity index is 2.82. The molecule has 1 N–H and O–H groups in total. The fraction of sp³-hybridized carbons (Fsp3) is 0.750. The quantitative estimate of drug-likeness (QED) is 0.745. The second-order valence-electron chi connectivity index (χ2n) is 4.66. The van der Waals surface area contributed by atoms with Crippen molar-refractivity contribution in [2.24, 2.45) is 0 Å². The van der Waals surface area contributed by atoms with Gasteiger partial charge in [0.1, 0.15) is 5.82 Å². The molecule has 0 aliphatic carbocycles. The van der Waals surface area contributed by atoms with Gasteiger partial charge in [-0.25, -0.2) is 0 Å². The van der Waals surface area contributed by atoms with E-state index in [-0.39, 0.29) is 11.7 Å². The molecule has 1 unspecified atom stereocenters. The Hall–Kier alpha value is -0.690. The zero-order chi connectivity index (χ0) is 14.4. The van der Waals surface area contributed by atoms with Crippen LogP contribution in [-0.2, 0) is 11.3 Å². The molecular formula is C12H21N3O2S2. The molecule has 7 heteroatoms.